The molecule has 0 aromatic heterocycles. The summed E-state index contributed by atoms with van der Waals surface area (Å²) in [5, 5.41) is 12.3. The average molecular weight is 512 g/mol. The summed E-state index contributed by atoms with van der Waals surface area (Å²) in [6.45, 7) is 5.92. The third kappa shape index (κ3) is 12.7. The zero-order valence-electron chi connectivity index (χ0n) is 21.9. The minimum Gasteiger partial charge on any atom is -0.480 e. The molecule has 8 heteroatoms. The smallest absolute Gasteiger partial charge is 0.343 e. The molecule has 1 unspecified atom stereocenters. The van der Waals surface area contributed by atoms with Crippen LogP contribution in [0.3, 0.4) is 0 Å². The maximum Gasteiger partial charge on any atom is 0.343 e. The van der Waals surface area contributed by atoms with E-state index < -0.39 is 31.2 Å². The molecule has 0 aliphatic heterocycles. The number of aliphatic carboxylic acids is 1. The lowest BCUT2D eigenvalue weighted by Crippen LogP contribution is -2.46. The van der Waals surface area contributed by atoms with E-state index in [1.165, 1.54) is 38.5 Å². The first-order valence-corrected chi connectivity index (χ1v) is 14.9. The van der Waals surface area contributed by atoms with Crippen molar-refractivity contribution in [2.45, 2.75) is 110 Å². The van der Waals surface area contributed by atoms with Crippen molar-refractivity contribution in [2.24, 2.45) is 0 Å². The summed E-state index contributed by atoms with van der Waals surface area (Å²) in [6.07, 6.45) is 11.9. The van der Waals surface area contributed by atoms with Crippen LogP contribution in [0.15, 0.2) is 30.3 Å². The van der Waals surface area contributed by atoms with E-state index in [2.05, 4.69) is 12.2 Å². The second-order valence-electron chi connectivity index (χ2n) is 8.95. The second kappa shape index (κ2) is 18.6. The second-order valence-corrected chi connectivity index (χ2v) is 11.2. The van der Waals surface area contributed by atoms with Crippen LogP contribution in [-0.4, -0.2) is 41.9 Å². The largest absolute Gasteiger partial charge is 0.480 e. The lowest BCUT2D eigenvalue weighted by Gasteiger charge is -2.27. The van der Waals surface area contributed by atoms with Gasteiger partial charge >= 0.3 is 13.6 Å². The van der Waals surface area contributed by atoms with Crippen molar-refractivity contribution in [3.63, 3.8) is 0 Å². The Labute approximate surface area is 211 Å². The van der Waals surface area contributed by atoms with Gasteiger partial charge in [-0.25, -0.2) is 4.79 Å². The number of hydrogen-bond acceptors (Lipinski definition) is 5. The number of hydrogen-bond donors (Lipinski definition) is 2. The van der Waals surface area contributed by atoms with Gasteiger partial charge in [0.2, 0.25) is 5.91 Å². The van der Waals surface area contributed by atoms with Gasteiger partial charge in [-0.2, -0.15) is 0 Å². The lowest BCUT2D eigenvalue weighted by atomic mass is 10.0. The van der Waals surface area contributed by atoms with E-state index >= 15 is 0 Å². The summed E-state index contributed by atoms with van der Waals surface area (Å²) in [4.78, 5) is 25.1. The third-order valence-corrected chi connectivity index (χ3v) is 8.52. The molecule has 2 N–H and O–H groups in total. The standard InChI is InChI=1S/C27H46NO6P/c1-4-7-8-9-10-11-12-13-14-18-21-25(35(32,33-5-2)34-6-3)26(29)28-24(27(30)31)22-23-19-16-15-17-20-23/h15-17,19-20,24-25H,4-14,18,21-22H2,1-3H3,(H,28,29)(H,30,31)/t24-,25?/m0/s1. The molecule has 1 rings (SSSR count). The van der Waals surface area contributed by atoms with Gasteiger partial charge in [-0.05, 0) is 25.8 Å². The predicted octanol–water partition coefficient (Wildman–Crippen LogP) is 6.74. The molecular formula is C27H46NO6P. The number of rotatable bonds is 21. The Balaban J connectivity index is 2.73. The highest BCUT2D eigenvalue weighted by Gasteiger charge is 2.41. The molecule has 0 aliphatic rings. The number of carbonyl (C=O) groups is 2. The first-order valence-electron chi connectivity index (χ1n) is 13.3. The molecule has 7 nitrogen and oxygen atoms in total. The van der Waals surface area contributed by atoms with Crippen molar-refractivity contribution in [2.75, 3.05) is 13.2 Å². The Morgan fingerprint density at radius 2 is 1.37 bits per heavy atom. The molecule has 1 aromatic rings. The van der Waals surface area contributed by atoms with E-state index in [4.69, 9.17) is 9.05 Å². The van der Waals surface area contributed by atoms with Gasteiger partial charge in [0.1, 0.15) is 11.7 Å². The van der Waals surface area contributed by atoms with Crippen LogP contribution in [0.5, 0.6) is 0 Å². The minimum absolute atomic E-state index is 0.139. The van der Waals surface area contributed by atoms with Crippen LogP contribution in [0.2, 0.25) is 0 Å². The third-order valence-electron chi connectivity index (χ3n) is 6.03. The highest BCUT2D eigenvalue weighted by Crippen LogP contribution is 2.54. The maximum atomic E-state index is 13.5. The van der Waals surface area contributed by atoms with Crippen LogP contribution in [-0.2, 0) is 29.6 Å². The number of carboxylic acid groups (broad SMARTS) is 1. The molecule has 0 heterocycles. The van der Waals surface area contributed by atoms with Gasteiger partial charge in [0.05, 0.1) is 13.2 Å². The van der Waals surface area contributed by atoms with E-state index in [0.717, 1.165) is 24.8 Å². The highest BCUT2D eigenvalue weighted by molar-refractivity contribution is 7.55. The Morgan fingerprint density at radius 3 is 1.86 bits per heavy atom. The fraction of sp³-hybridized carbons (Fsp3) is 0.704. The van der Waals surface area contributed by atoms with Gasteiger partial charge in [0, 0.05) is 6.42 Å². The van der Waals surface area contributed by atoms with E-state index in [-0.39, 0.29) is 19.6 Å². The van der Waals surface area contributed by atoms with Gasteiger partial charge in [-0.1, -0.05) is 101 Å². The van der Waals surface area contributed by atoms with Crippen molar-refractivity contribution in [1.82, 2.24) is 5.32 Å². The van der Waals surface area contributed by atoms with E-state index in [0.29, 0.717) is 12.8 Å². The molecule has 0 radical (unpaired) electrons. The Hall–Kier alpha value is -1.69. The lowest BCUT2D eigenvalue weighted by molar-refractivity contribution is -0.141. The van der Waals surface area contributed by atoms with Crippen molar-refractivity contribution >= 4 is 19.5 Å². The maximum absolute atomic E-state index is 13.5. The molecule has 1 aromatic carbocycles. The number of amides is 1. The van der Waals surface area contributed by atoms with Crippen molar-refractivity contribution in [3.8, 4) is 0 Å². The summed E-state index contributed by atoms with van der Waals surface area (Å²) < 4.78 is 24.5. The monoisotopic (exact) mass is 511 g/mol. The molecule has 0 bridgehead atoms. The van der Waals surface area contributed by atoms with Crippen LogP contribution >= 0.6 is 7.60 Å². The predicted molar refractivity (Wildman–Crippen MR) is 141 cm³/mol. The van der Waals surface area contributed by atoms with Gasteiger partial charge in [-0.3, -0.25) is 9.36 Å². The number of benzene rings is 1. The summed E-state index contributed by atoms with van der Waals surface area (Å²) in [7, 11) is -3.74. The Morgan fingerprint density at radius 1 is 0.857 bits per heavy atom. The molecule has 35 heavy (non-hydrogen) atoms. The zero-order valence-corrected chi connectivity index (χ0v) is 22.8. The normalized spacial score (nSPS) is 13.3. The number of nitrogens with one attached hydrogen (secondary N) is 1. The van der Waals surface area contributed by atoms with Crippen molar-refractivity contribution in [3.05, 3.63) is 35.9 Å². The van der Waals surface area contributed by atoms with Crippen LogP contribution in [0.25, 0.3) is 0 Å². The molecule has 0 saturated heterocycles. The topological polar surface area (TPSA) is 102 Å². The van der Waals surface area contributed by atoms with E-state index in [9.17, 15) is 19.3 Å². The molecular weight excluding hydrogens is 465 g/mol. The first-order chi connectivity index (χ1) is 16.9. The molecule has 0 fully saturated rings. The van der Waals surface area contributed by atoms with E-state index in [1.54, 1.807) is 13.8 Å². The fourth-order valence-corrected chi connectivity index (χ4v) is 6.17. The first kappa shape index (κ1) is 31.3. The van der Waals surface area contributed by atoms with Crippen LogP contribution < -0.4 is 5.32 Å². The summed E-state index contributed by atoms with van der Waals surface area (Å²) in [5.41, 5.74) is -0.238. The summed E-state index contributed by atoms with van der Waals surface area (Å²) >= 11 is 0. The molecule has 0 spiro atoms. The van der Waals surface area contributed by atoms with Gasteiger partial charge in [0.25, 0.3) is 0 Å². The molecule has 1 amide bonds. The Kier molecular flexibility index (Phi) is 16.6. The SMILES string of the molecule is CCCCCCCCCCCCC(C(=O)N[C@@H](Cc1ccccc1)C(=O)O)P(=O)(OCC)OCC. The van der Waals surface area contributed by atoms with Gasteiger partial charge < -0.3 is 19.5 Å². The molecule has 200 valence electrons. The number of carbonyl (C=O) groups excluding carboxylic acids is 1. The van der Waals surface area contributed by atoms with Gasteiger partial charge in [0.15, 0.2) is 0 Å². The quantitative estimate of drug-likeness (QED) is 0.140. The van der Waals surface area contributed by atoms with Crippen LogP contribution in [0.4, 0.5) is 0 Å². The van der Waals surface area contributed by atoms with Crippen molar-refractivity contribution < 1.29 is 28.3 Å². The van der Waals surface area contributed by atoms with Gasteiger partial charge in [-0.15, -0.1) is 0 Å². The summed E-state index contributed by atoms with van der Waals surface area (Å²) in [5.74, 6) is -1.72. The molecule has 0 saturated carbocycles. The van der Waals surface area contributed by atoms with Crippen LogP contribution in [0.1, 0.15) is 97.0 Å². The number of unbranched alkanes of at least 4 members (excludes halogenated alkanes) is 9. The van der Waals surface area contributed by atoms with Crippen LogP contribution in [0, 0.1) is 0 Å². The minimum atomic E-state index is -3.74. The Bertz CT molecular complexity index is 747. The highest BCUT2D eigenvalue weighted by atomic mass is 31.2. The number of carboxylic acids is 1. The zero-order chi connectivity index (χ0) is 25.9. The van der Waals surface area contributed by atoms with Crippen molar-refractivity contribution in [1.29, 1.82) is 0 Å². The fourth-order valence-electron chi connectivity index (χ4n) is 4.15. The average Bonchev–Trinajstić information content (AvgIpc) is 2.83. The molecule has 0 aliphatic carbocycles. The summed E-state index contributed by atoms with van der Waals surface area (Å²) in [6, 6.07) is 7.99. The molecule has 2 atom stereocenters. The van der Waals surface area contributed by atoms with E-state index in [1.807, 2.05) is 30.3 Å².